The average molecular weight is 276 g/mol. The van der Waals surface area contributed by atoms with Gasteiger partial charge in [0.15, 0.2) is 0 Å². The van der Waals surface area contributed by atoms with Crippen LogP contribution in [0.15, 0.2) is 24.5 Å². The lowest BCUT2D eigenvalue weighted by Gasteiger charge is -2.26. The largest absolute Gasteiger partial charge is 0.339 e. The van der Waals surface area contributed by atoms with E-state index in [4.69, 9.17) is 11.6 Å². The number of fused-ring (bicyclic) bond motifs is 1. The third kappa shape index (κ3) is 2.40. The molecule has 98 valence electrons. The number of piperidine rings is 1. The van der Waals surface area contributed by atoms with E-state index in [1.165, 1.54) is 12.7 Å². The molecule has 19 heavy (non-hydrogen) atoms. The lowest BCUT2D eigenvalue weighted by atomic mass is 10.1. The van der Waals surface area contributed by atoms with Gasteiger partial charge in [0.25, 0.3) is 5.91 Å². The fourth-order valence-electron chi connectivity index (χ4n) is 2.44. The molecule has 0 atom stereocenters. The summed E-state index contributed by atoms with van der Waals surface area (Å²) in [6.07, 6.45) is 4.81. The van der Waals surface area contributed by atoms with Crippen LogP contribution in [0.1, 0.15) is 29.6 Å². The first kappa shape index (κ1) is 12.4. The Balaban J connectivity index is 1.94. The highest BCUT2D eigenvalue weighted by molar-refractivity contribution is 6.34. The molecule has 1 aromatic heterocycles. The van der Waals surface area contributed by atoms with Crippen molar-refractivity contribution in [1.29, 1.82) is 0 Å². The third-order valence-corrected chi connectivity index (χ3v) is 3.78. The molecular formula is C14H14ClN3O. The van der Waals surface area contributed by atoms with Crippen LogP contribution in [0.5, 0.6) is 0 Å². The van der Waals surface area contributed by atoms with Gasteiger partial charge in [0, 0.05) is 24.0 Å². The zero-order valence-corrected chi connectivity index (χ0v) is 11.2. The van der Waals surface area contributed by atoms with Crippen LogP contribution in [-0.4, -0.2) is 33.9 Å². The number of likely N-dealkylation sites (tertiary alicyclic amines) is 1. The third-order valence-electron chi connectivity index (χ3n) is 3.48. The standard InChI is InChI=1S/C14H14ClN3O/c15-13-11-5-4-10(8-12(11)16-9-17-13)14(19)18-6-2-1-3-7-18/h4-5,8-9H,1-3,6-7H2. The number of nitrogens with zero attached hydrogens (tertiary/aromatic N) is 3. The fraction of sp³-hybridized carbons (Fsp3) is 0.357. The van der Waals surface area contributed by atoms with Crippen molar-refractivity contribution >= 4 is 28.4 Å². The topological polar surface area (TPSA) is 46.1 Å². The molecule has 1 aliphatic rings. The second kappa shape index (κ2) is 5.13. The SMILES string of the molecule is O=C(c1ccc2c(Cl)ncnc2c1)N1CCCCC1. The predicted octanol–water partition coefficient (Wildman–Crippen LogP) is 2.91. The number of hydrogen-bond acceptors (Lipinski definition) is 3. The normalized spacial score (nSPS) is 15.7. The second-order valence-electron chi connectivity index (χ2n) is 4.75. The maximum absolute atomic E-state index is 12.4. The van der Waals surface area contributed by atoms with Crippen LogP contribution >= 0.6 is 11.6 Å². The van der Waals surface area contributed by atoms with Gasteiger partial charge in [-0.3, -0.25) is 4.79 Å². The first-order valence-electron chi connectivity index (χ1n) is 6.45. The number of carbonyl (C=O) groups is 1. The Morgan fingerprint density at radius 1 is 1.16 bits per heavy atom. The van der Waals surface area contributed by atoms with Gasteiger partial charge in [-0.25, -0.2) is 9.97 Å². The van der Waals surface area contributed by atoms with Crippen molar-refractivity contribution in [3.05, 3.63) is 35.2 Å². The van der Waals surface area contributed by atoms with Crippen LogP contribution in [0.4, 0.5) is 0 Å². The van der Waals surface area contributed by atoms with Gasteiger partial charge in [-0.2, -0.15) is 0 Å². The van der Waals surface area contributed by atoms with Crippen LogP contribution in [0.3, 0.4) is 0 Å². The first-order chi connectivity index (χ1) is 9.25. The number of halogens is 1. The van der Waals surface area contributed by atoms with Crippen molar-refractivity contribution in [1.82, 2.24) is 14.9 Å². The molecule has 0 saturated carbocycles. The minimum absolute atomic E-state index is 0.0799. The summed E-state index contributed by atoms with van der Waals surface area (Å²) >= 11 is 5.99. The Hall–Kier alpha value is -1.68. The highest BCUT2D eigenvalue weighted by atomic mass is 35.5. The molecule has 3 rings (SSSR count). The minimum Gasteiger partial charge on any atom is -0.339 e. The predicted molar refractivity (Wildman–Crippen MR) is 74.3 cm³/mol. The Kier molecular flexibility index (Phi) is 3.34. The quantitative estimate of drug-likeness (QED) is 0.752. The molecule has 0 spiro atoms. The van der Waals surface area contributed by atoms with Gasteiger partial charge >= 0.3 is 0 Å². The lowest BCUT2D eigenvalue weighted by molar-refractivity contribution is 0.0724. The second-order valence-corrected chi connectivity index (χ2v) is 5.11. The summed E-state index contributed by atoms with van der Waals surface area (Å²) in [6.45, 7) is 1.70. The molecule has 2 aromatic rings. The van der Waals surface area contributed by atoms with E-state index in [0.29, 0.717) is 16.2 Å². The maximum atomic E-state index is 12.4. The molecule has 5 heteroatoms. The number of carbonyl (C=O) groups excluding carboxylic acids is 1. The van der Waals surface area contributed by atoms with E-state index in [1.54, 1.807) is 12.1 Å². The van der Waals surface area contributed by atoms with Gasteiger partial charge in [0.05, 0.1) is 5.52 Å². The molecular weight excluding hydrogens is 262 g/mol. The van der Waals surface area contributed by atoms with E-state index in [0.717, 1.165) is 31.3 Å². The van der Waals surface area contributed by atoms with Crippen LogP contribution in [0.2, 0.25) is 5.15 Å². The monoisotopic (exact) mass is 275 g/mol. The first-order valence-corrected chi connectivity index (χ1v) is 6.83. The zero-order chi connectivity index (χ0) is 13.2. The van der Waals surface area contributed by atoms with E-state index in [1.807, 2.05) is 11.0 Å². The molecule has 1 saturated heterocycles. The molecule has 1 aliphatic heterocycles. The lowest BCUT2D eigenvalue weighted by Crippen LogP contribution is -2.35. The van der Waals surface area contributed by atoms with Crippen LogP contribution < -0.4 is 0 Å². The highest BCUT2D eigenvalue weighted by Gasteiger charge is 2.18. The molecule has 0 radical (unpaired) electrons. The maximum Gasteiger partial charge on any atom is 0.253 e. The Morgan fingerprint density at radius 3 is 2.74 bits per heavy atom. The van der Waals surface area contributed by atoms with Crippen molar-refractivity contribution in [3.8, 4) is 0 Å². The molecule has 1 fully saturated rings. The summed E-state index contributed by atoms with van der Waals surface area (Å²) in [5.74, 6) is 0.0799. The average Bonchev–Trinajstić information content (AvgIpc) is 2.47. The van der Waals surface area contributed by atoms with E-state index < -0.39 is 0 Å². The number of hydrogen-bond donors (Lipinski definition) is 0. The summed E-state index contributed by atoms with van der Waals surface area (Å²) in [5.41, 5.74) is 1.38. The van der Waals surface area contributed by atoms with E-state index in [-0.39, 0.29) is 5.91 Å². The van der Waals surface area contributed by atoms with Crippen molar-refractivity contribution in [2.24, 2.45) is 0 Å². The van der Waals surface area contributed by atoms with Gasteiger partial charge in [-0.15, -0.1) is 0 Å². The molecule has 4 nitrogen and oxygen atoms in total. The molecule has 0 N–H and O–H groups in total. The van der Waals surface area contributed by atoms with Gasteiger partial charge in [0.2, 0.25) is 0 Å². The summed E-state index contributed by atoms with van der Waals surface area (Å²) in [5, 5.41) is 1.20. The van der Waals surface area contributed by atoms with E-state index in [9.17, 15) is 4.79 Å². The zero-order valence-electron chi connectivity index (χ0n) is 10.5. The number of aromatic nitrogens is 2. The van der Waals surface area contributed by atoms with Crippen molar-refractivity contribution < 1.29 is 4.79 Å². The van der Waals surface area contributed by atoms with Gasteiger partial charge in [0.1, 0.15) is 11.5 Å². The molecule has 0 unspecified atom stereocenters. The summed E-state index contributed by atoms with van der Waals surface area (Å²) in [4.78, 5) is 22.4. The Morgan fingerprint density at radius 2 is 1.95 bits per heavy atom. The summed E-state index contributed by atoms with van der Waals surface area (Å²) < 4.78 is 0. The van der Waals surface area contributed by atoms with Crippen LogP contribution in [-0.2, 0) is 0 Å². The summed E-state index contributed by atoms with van der Waals surface area (Å²) in [6, 6.07) is 5.41. The highest BCUT2D eigenvalue weighted by Crippen LogP contribution is 2.21. The smallest absolute Gasteiger partial charge is 0.253 e. The molecule has 1 aromatic carbocycles. The van der Waals surface area contributed by atoms with Gasteiger partial charge < -0.3 is 4.90 Å². The summed E-state index contributed by atoms with van der Waals surface area (Å²) in [7, 11) is 0. The molecule has 0 aliphatic carbocycles. The van der Waals surface area contributed by atoms with Crippen LogP contribution in [0, 0.1) is 0 Å². The minimum atomic E-state index is 0.0799. The van der Waals surface area contributed by atoms with Crippen LogP contribution in [0.25, 0.3) is 10.9 Å². The molecule has 2 heterocycles. The Bertz CT molecular complexity index is 623. The molecule has 1 amide bonds. The Labute approximate surface area is 116 Å². The van der Waals surface area contributed by atoms with Crippen molar-refractivity contribution in [2.45, 2.75) is 19.3 Å². The number of amides is 1. The number of rotatable bonds is 1. The van der Waals surface area contributed by atoms with Gasteiger partial charge in [-0.05, 0) is 37.5 Å². The van der Waals surface area contributed by atoms with Crippen molar-refractivity contribution in [3.63, 3.8) is 0 Å². The molecule has 0 bridgehead atoms. The van der Waals surface area contributed by atoms with Crippen molar-refractivity contribution in [2.75, 3.05) is 13.1 Å². The van der Waals surface area contributed by atoms with E-state index >= 15 is 0 Å². The number of benzene rings is 1. The fourth-order valence-corrected chi connectivity index (χ4v) is 2.64. The van der Waals surface area contributed by atoms with Gasteiger partial charge in [-0.1, -0.05) is 11.6 Å². The van der Waals surface area contributed by atoms with E-state index in [2.05, 4.69) is 9.97 Å².